The van der Waals surface area contributed by atoms with Gasteiger partial charge in [0.15, 0.2) is 0 Å². The molecule has 1 aromatic heterocycles. The number of alkyl halides is 3. The van der Waals surface area contributed by atoms with Crippen molar-refractivity contribution in [2.45, 2.75) is 19.7 Å². The maximum atomic E-state index is 12.5. The van der Waals surface area contributed by atoms with Crippen LogP contribution in [0.25, 0.3) is 6.08 Å². The predicted molar refractivity (Wildman–Crippen MR) is 85.1 cm³/mol. The number of methoxy groups -OCH3 is 1. The Balaban J connectivity index is 1.92. The van der Waals surface area contributed by atoms with Gasteiger partial charge in [0, 0.05) is 6.08 Å². The van der Waals surface area contributed by atoms with Gasteiger partial charge in [-0.15, -0.1) is 0 Å². The number of halogens is 3. The van der Waals surface area contributed by atoms with Crippen LogP contribution in [0, 0.1) is 6.92 Å². The van der Waals surface area contributed by atoms with Gasteiger partial charge >= 0.3 is 18.1 Å². The van der Waals surface area contributed by atoms with E-state index in [1.54, 1.807) is 6.92 Å². The number of furan rings is 1. The fourth-order valence-electron chi connectivity index (χ4n) is 2.07. The van der Waals surface area contributed by atoms with Gasteiger partial charge in [-0.3, -0.25) is 0 Å². The van der Waals surface area contributed by atoms with E-state index in [0.717, 1.165) is 18.2 Å². The van der Waals surface area contributed by atoms with Crippen molar-refractivity contribution in [2.75, 3.05) is 7.11 Å². The summed E-state index contributed by atoms with van der Waals surface area (Å²) in [4.78, 5) is 23.1. The van der Waals surface area contributed by atoms with E-state index in [4.69, 9.17) is 9.15 Å². The van der Waals surface area contributed by atoms with E-state index in [0.29, 0.717) is 11.3 Å². The van der Waals surface area contributed by atoms with Gasteiger partial charge in [0.1, 0.15) is 23.7 Å². The number of benzene rings is 1. The Morgan fingerprint density at radius 1 is 1.19 bits per heavy atom. The van der Waals surface area contributed by atoms with E-state index in [2.05, 4.69) is 4.74 Å². The third-order valence-electron chi connectivity index (χ3n) is 3.38. The maximum Gasteiger partial charge on any atom is 0.416 e. The van der Waals surface area contributed by atoms with Crippen LogP contribution in [0.1, 0.15) is 33.0 Å². The Labute approximate surface area is 147 Å². The molecule has 0 amide bonds. The Hall–Kier alpha value is -3.03. The van der Waals surface area contributed by atoms with Crippen LogP contribution in [0.15, 0.2) is 40.8 Å². The molecular formula is C18H15F3O5. The average Bonchev–Trinajstić information content (AvgIpc) is 2.98. The van der Waals surface area contributed by atoms with Crippen molar-refractivity contribution >= 4 is 18.0 Å². The van der Waals surface area contributed by atoms with E-state index in [-0.39, 0.29) is 17.9 Å². The van der Waals surface area contributed by atoms with Gasteiger partial charge in [0.2, 0.25) is 0 Å². The average molecular weight is 368 g/mol. The summed E-state index contributed by atoms with van der Waals surface area (Å²) in [5.74, 6) is -0.674. The highest BCUT2D eigenvalue weighted by Gasteiger charge is 2.29. The van der Waals surface area contributed by atoms with Crippen LogP contribution in [0.2, 0.25) is 0 Å². The lowest BCUT2D eigenvalue weighted by atomic mass is 10.1. The van der Waals surface area contributed by atoms with Gasteiger partial charge in [0.05, 0.1) is 12.7 Å². The summed E-state index contributed by atoms with van der Waals surface area (Å²) in [6.07, 6.45) is -2.00. The normalized spacial score (nSPS) is 11.6. The quantitative estimate of drug-likeness (QED) is 0.586. The van der Waals surface area contributed by atoms with Crippen LogP contribution in [0.4, 0.5) is 13.2 Å². The van der Waals surface area contributed by atoms with Crippen molar-refractivity contribution in [1.82, 2.24) is 0 Å². The minimum atomic E-state index is -4.41. The van der Waals surface area contributed by atoms with Gasteiger partial charge in [-0.1, -0.05) is 12.1 Å². The van der Waals surface area contributed by atoms with E-state index in [9.17, 15) is 22.8 Å². The topological polar surface area (TPSA) is 65.7 Å². The molecule has 8 heteroatoms. The maximum absolute atomic E-state index is 12.5. The summed E-state index contributed by atoms with van der Waals surface area (Å²) in [6.45, 7) is 1.37. The molecule has 0 fully saturated rings. The van der Waals surface area contributed by atoms with Crippen molar-refractivity contribution < 1.29 is 36.7 Å². The van der Waals surface area contributed by atoms with Crippen molar-refractivity contribution in [2.24, 2.45) is 0 Å². The first-order valence-corrected chi connectivity index (χ1v) is 7.40. The number of hydrogen-bond donors (Lipinski definition) is 0. The molecule has 1 aromatic carbocycles. The van der Waals surface area contributed by atoms with Crippen LogP contribution >= 0.6 is 0 Å². The lowest BCUT2D eigenvalue weighted by Gasteiger charge is -2.05. The second kappa shape index (κ2) is 7.90. The summed E-state index contributed by atoms with van der Waals surface area (Å²) in [5.41, 5.74) is -0.123. The Bertz CT molecular complexity index is 816. The fourth-order valence-corrected chi connectivity index (χ4v) is 2.07. The predicted octanol–water partition coefficient (Wildman–Crippen LogP) is 4.15. The van der Waals surface area contributed by atoms with Crippen LogP contribution < -0.4 is 0 Å². The summed E-state index contributed by atoms with van der Waals surface area (Å²) < 4.78 is 52.2. The number of rotatable bonds is 5. The molecule has 0 atom stereocenters. The van der Waals surface area contributed by atoms with Gasteiger partial charge in [-0.05, 0) is 36.8 Å². The van der Waals surface area contributed by atoms with Crippen LogP contribution in [-0.2, 0) is 27.1 Å². The molecule has 0 spiro atoms. The number of carbonyl (C=O) groups excluding carboxylic acids is 2. The number of hydrogen-bond acceptors (Lipinski definition) is 5. The first-order valence-electron chi connectivity index (χ1n) is 7.40. The monoisotopic (exact) mass is 368 g/mol. The summed E-state index contributed by atoms with van der Waals surface area (Å²) >= 11 is 0. The molecule has 2 rings (SSSR count). The molecule has 0 unspecified atom stereocenters. The van der Waals surface area contributed by atoms with Gasteiger partial charge in [-0.2, -0.15) is 13.2 Å². The molecule has 0 saturated heterocycles. The fraction of sp³-hybridized carbons (Fsp3) is 0.222. The van der Waals surface area contributed by atoms with Gasteiger partial charge < -0.3 is 13.9 Å². The van der Waals surface area contributed by atoms with Crippen molar-refractivity contribution in [1.29, 1.82) is 0 Å². The molecule has 138 valence electrons. The second-order valence-electron chi connectivity index (χ2n) is 5.23. The molecule has 2 aromatic rings. The van der Waals surface area contributed by atoms with Crippen LogP contribution in [-0.4, -0.2) is 19.0 Å². The van der Waals surface area contributed by atoms with E-state index in [1.165, 1.54) is 31.4 Å². The minimum Gasteiger partial charge on any atom is -0.465 e. The van der Waals surface area contributed by atoms with E-state index in [1.807, 2.05) is 0 Å². The molecule has 0 aliphatic carbocycles. The Morgan fingerprint density at radius 2 is 1.85 bits per heavy atom. The first-order chi connectivity index (χ1) is 12.2. The summed E-state index contributed by atoms with van der Waals surface area (Å²) in [6, 6.07) is 5.74. The zero-order chi connectivity index (χ0) is 19.3. The number of carbonyl (C=O) groups is 2. The van der Waals surface area contributed by atoms with Crippen molar-refractivity contribution in [3.63, 3.8) is 0 Å². The third kappa shape index (κ3) is 4.98. The van der Waals surface area contributed by atoms with Crippen molar-refractivity contribution in [3.05, 3.63) is 64.6 Å². The van der Waals surface area contributed by atoms with Crippen LogP contribution in [0.5, 0.6) is 0 Å². The Morgan fingerprint density at radius 3 is 2.42 bits per heavy atom. The molecule has 0 radical (unpaired) electrons. The molecule has 5 nitrogen and oxygen atoms in total. The highest BCUT2D eigenvalue weighted by Crippen LogP contribution is 2.29. The standard InChI is InChI=1S/C18H15F3O5/c1-11-15(17(23)24-2)9-14(26-11)10-25-16(22)8-5-12-3-6-13(7-4-12)18(19,20)21/h3-9H,10H2,1-2H3/b8-5+. The molecular weight excluding hydrogens is 353 g/mol. The molecule has 0 aliphatic rings. The summed E-state index contributed by atoms with van der Waals surface area (Å²) in [7, 11) is 1.24. The highest BCUT2D eigenvalue weighted by atomic mass is 19.4. The molecule has 26 heavy (non-hydrogen) atoms. The number of ether oxygens (including phenoxy) is 2. The largest absolute Gasteiger partial charge is 0.465 e. The molecule has 0 N–H and O–H groups in total. The minimum absolute atomic E-state index is 0.200. The lowest BCUT2D eigenvalue weighted by molar-refractivity contribution is -0.139. The van der Waals surface area contributed by atoms with Crippen molar-refractivity contribution in [3.8, 4) is 0 Å². The van der Waals surface area contributed by atoms with E-state index >= 15 is 0 Å². The SMILES string of the molecule is COC(=O)c1cc(COC(=O)/C=C/c2ccc(C(F)(F)F)cc2)oc1C. The van der Waals surface area contributed by atoms with Crippen LogP contribution in [0.3, 0.4) is 0 Å². The zero-order valence-corrected chi connectivity index (χ0v) is 13.9. The van der Waals surface area contributed by atoms with Gasteiger partial charge in [-0.25, -0.2) is 9.59 Å². The zero-order valence-electron chi connectivity index (χ0n) is 13.9. The highest BCUT2D eigenvalue weighted by molar-refractivity contribution is 5.90. The Kier molecular flexibility index (Phi) is 5.86. The summed E-state index contributed by atoms with van der Waals surface area (Å²) in [5, 5.41) is 0. The molecule has 0 aliphatic heterocycles. The molecule has 1 heterocycles. The van der Waals surface area contributed by atoms with Gasteiger partial charge in [0.25, 0.3) is 0 Å². The molecule has 0 saturated carbocycles. The smallest absolute Gasteiger partial charge is 0.416 e. The number of esters is 2. The first kappa shape index (κ1) is 19.3. The third-order valence-corrected chi connectivity index (χ3v) is 3.38. The number of aryl methyl sites for hydroxylation is 1. The second-order valence-corrected chi connectivity index (χ2v) is 5.23. The lowest BCUT2D eigenvalue weighted by Crippen LogP contribution is -2.04. The molecule has 0 bridgehead atoms. The van der Waals surface area contributed by atoms with E-state index < -0.39 is 23.7 Å².